The number of rotatable bonds is 2. The minimum atomic E-state index is -4.18. The zero-order valence-electron chi connectivity index (χ0n) is 9.92. The van der Waals surface area contributed by atoms with Gasteiger partial charge in [-0.3, -0.25) is 0 Å². The SMILES string of the molecule is Cc1cc(C)c(C)c(NCC(F)(F)F)c1C. The molecule has 0 atom stereocenters. The van der Waals surface area contributed by atoms with Crippen molar-refractivity contribution in [2.45, 2.75) is 33.9 Å². The zero-order valence-corrected chi connectivity index (χ0v) is 9.92. The Bertz CT molecular complexity index is 368. The molecule has 0 aliphatic heterocycles. The van der Waals surface area contributed by atoms with Crippen molar-refractivity contribution in [1.82, 2.24) is 0 Å². The van der Waals surface area contributed by atoms with E-state index in [0.717, 1.165) is 22.3 Å². The molecule has 1 nitrogen and oxygen atoms in total. The van der Waals surface area contributed by atoms with Crippen molar-refractivity contribution in [3.8, 4) is 0 Å². The zero-order chi connectivity index (χ0) is 12.5. The Balaban J connectivity index is 3.04. The van der Waals surface area contributed by atoms with E-state index in [9.17, 15) is 13.2 Å². The van der Waals surface area contributed by atoms with Gasteiger partial charge in [-0.1, -0.05) is 6.07 Å². The van der Waals surface area contributed by atoms with E-state index in [0.29, 0.717) is 5.69 Å². The Labute approximate surface area is 93.7 Å². The standard InChI is InChI=1S/C12H16F3N/c1-7-5-8(2)10(4)11(9(7)3)16-6-12(13,14)15/h5,16H,6H2,1-4H3. The third-order valence-corrected chi connectivity index (χ3v) is 2.83. The summed E-state index contributed by atoms with van der Waals surface area (Å²) in [6, 6.07) is 1.99. The first-order chi connectivity index (χ1) is 7.22. The fourth-order valence-corrected chi connectivity index (χ4v) is 1.67. The molecule has 0 aromatic heterocycles. The van der Waals surface area contributed by atoms with Crippen LogP contribution in [0, 0.1) is 27.7 Å². The molecule has 0 fully saturated rings. The first-order valence-electron chi connectivity index (χ1n) is 5.10. The first kappa shape index (κ1) is 12.9. The molecular formula is C12H16F3N. The highest BCUT2D eigenvalue weighted by Crippen LogP contribution is 2.27. The summed E-state index contributed by atoms with van der Waals surface area (Å²) >= 11 is 0. The van der Waals surface area contributed by atoms with Gasteiger partial charge in [0.25, 0.3) is 0 Å². The Morgan fingerprint density at radius 3 is 1.81 bits per heavy atom. The smallest absolute Gasteiger partial charge is 0.376 e. The van der Waals surface area contributed by atoms with Crippen LogP contribution < -0.4 is 5.32 Å². The van der Waals surface area contributed by atoms with Gasteiger partial charge in [-0.25, -0.2) is 0 Å². The Kier molecular flexibility index (Phi) is 3.51. The predicted molar refractivity (Wildman–Crippen MR) is 59.9 cm³/mol. The summed E-state index contributed by atoms with van der Waals surface area (Å²) < 4.78 is 36.4. The summed E-state index contributed by atoms with van der Waals surface area (Å²) in [5.41, 5.74) is 4.38. The van der Waals surface area contributed by atoms with Crippen molar-refractivity contribution < 1.29 is 13.2 Å². The van der Waals surface area contributed by atoms with Gasteiger partial charge >= 0.3 is 6.18 Å². The number of aryl methyl sites for hydroxylation is 2. The van der Waals surface area contributed by atoms with Crippen LogP contribution in [0.3, 0.4) is 0 Å². The van der Waals surface area contributed by atoms with E-state index in [4.69, 9.17) is 0 Å². The summed E-state index contributed by atoms with van der Waals surface area (Å²) in [6.45, 7) is 6.49. The molecule has 90 valence electrons. The molecule has 0 radical (unpaired) electrons. The van der Waals surface area contributed by atoms with Crippen LogP contribution in [0.4, 0.5) is 18.9 Å². The minimum Gasteiger partial charge on any atom is -0.376 e. The maximum atomic E-state index is 12.1. The van der Waals surface area contributed by atoms with Crippen LogP contribution >= 0.6 is 0 Å². The largest absolute Gasteiger partial charge is 0.405 e. The fraction of sp³-hybridized carbons (Fsp3) is 0.500. The number of nitrogens with one attached hydrogen (secondary N) is 1. The van der Waals surface area contributed by atoms with E-state index in [1.807, 2.05) is 33.8 Å². The monoisotopic (exact) mass is 231 g/mol. The normalized spacial score (nSPS) is 11.7. The molecule has 0 saturated carbocycles. The predicted octanol–water partition coefficient (Wildman–Crippen LogP) is 3.89. The van der Waals surface area contributed by atoms with Gasteiger partial charge in [0.1, 0.15) is 6.54 Å². The molecular weight excluding hydrogens is 215 g/mol. The highest BCUT2D eigenvalue weighted by Gasteiger charge is 2.27. The van der Waals surface area contributed by atoms with Crippen LogP contribution in [0.15, 0.2) is 6.07 Å². The van der Waals surface area contributed by atoms with Gasteiger partial charge in [0.05, 0.1) is 0 Å². The second-order valence-electron chi connectivity index (χ2n) is 4.10. The molecule has 1 rings (SSSR count). The maximum absolute atomic E-state index is 12.1. The Morgan fingerprint density at radius 2 is 1.44 bits per heavy atom. The van der Waals surface area contributed by atoms with E-state index >= 15 is 0 Å². The summed E-state index contributed by atoms with van der Waals surface area (Å²) in [4.78, 5) is 0. The molecule has 0 aliphatic carbocycles. The Hall–Kier alpha value is -1.19. The maximum Gasteiger partial charge on any atom is 0.405 e. The summed E-state index contributed by atoms with van der Waals surface area (Å²) in [6.07, 6.45) is -4.18. The van der Waals surface area contributed by atoms with Crippen LogP contribution in [0.5, 0.6) is 0 Å². The molecule has 0 bridgehead atoms. The minimum absolute atomic E-state index is 0.606. The second kappa shape index (κ2) is 4.36. The van der Waals surface area contributed by atoms with E-state index in [1.54, 1.807) is 0 Å². The van der Waals surface area contributed by atoms with Crippen molar-refractivity contribution in [1.29, 1.82) is 0 Å². The van der Waals surface area contributed by atoms with Crippen molar-refractivity contribution in [3.63, 3.8) is 0 Å². The molecule has 0 unspecified atom stereocenters. The topological polar surface area (TPSA) is 12.0 Å². The molecule has 16 heavy (non-hydrogen) atoms. The number of benzene rings is 1. The molecule has 0 aliphatic rings. The number of hydrogen-bond donors (Lipinski definition) is 1. The van der Waals surface area contributed by atoms with E-state index in [1.165, 1.54) is 0 Å². The molecule has 4 heteroatoms. The van der Waals surface area contributed by atoms with Gasteiger partial charge in [0, 0.05) is 5.69 Å². The van der Waals surface area contributed by atoms with Crippen LogP contribution in [0.2, 0.25) is 0 Å². The molecule has 1 aromatic carbocycles. The third-order valence-electron chi connectivity index (χ3n) is 2.83. The van der Waals surface area contributed by atoms with Gasteiger partial charge in [-0.15, -0.1) is 0 Å². The van der Waals surface area contributed by atoms with Crippen LogP contribution in [0.1, 0.15) is 22.3 Å². The fourth-order valence-electron chi connectivity index (χ4n) is 1.67. The second-order valence-corrected chi connectivity index (χ2v) is 4.10. The van der Waals surface area contributed by atoms with Gasteiger partial charge in [0.15, 0.2) is 0 Å². The lowest BCUT2D eigenvalue weighted by Gasteiger charge is -2.18. The number of alkyl halides is 3. The van der Waals surface area contributed by atoms with Crippen LogP contribution in [-0.4, -0.2) is 12.7 Å². The van der Waals surface area contributed by atoms with Crippen LogP contribution in [0.25, 0.3) is 0 Å². The molecule has 1 N–H and O–H groups in total. The lowest BCUT2D eigenvalue weighted by Crippen LogP contribution is -2.22. The molecule has 0 amide bonds. The highest BCUT2D eigenvalue weighted by molar-refractivity contribution is 5.62. The summed E-state index contributed by atoms with van der Waals surface area (Å²) in [7, 11) is 0. The number of anilines is 1. The van der Waals surface area contributed by atoms with E-state index in [-0.39, 0.29) is 0 Å². The lowest BCUT2D eigenvalue weighted by molar-refractivity contribution is -0.115. The molecule has 0 saturated heterocycles. The summed E-state index contributed by atoms with van der Waals surface area (Å²) in [5.74, 6) is 0. The van der Waals surface area contributed by atoms with Crippen molar-refractivity contribution in [3.05, 3.63) is 28.3 Å². The number of halogens is 3. The van der Waals surface area contributed by atoms with Crippen molar-refractivity contribution in [2.24, 2.45) is 0 Å². The quantitative estimate of drug-likeness (QED) is 0.814. The lowest BCUT2D eigenvalue weighted by atomic mass is 9.99. The molecule has 1 aromatic rings. The highest BCUT2D eigenvalue weighted by atomic mass is 19.4. The number of hydrogen-bond acceptors (Lipinski definition) is 1. The van der Waals surface area contributed by atoms with Crippen molar-refractivity contribution in [2.75, 3.05) is 11.9 Å². The molecule has 0 spiro atoms. The van der Waals surface area contributed by atoms with Gasteiger partial charge < -0.3 is 5.32 Å². The Morgan fingerprint density at radius 1 is 1.00 bits per heavy atom. The molecule has 0 heterocycles. The van der Waals surface area contributed by atoms with Gasteiger partial charge in [-0.2, -0.15) is 13.2 Å². The summed E-state index contributed by atoms with van der Waals surface area (Å²) in [5, 5.41) is 2.48. The third kappa shape index (κ3) is 2.90. The van der Waals surface area contributed by atoms with Gasteiger partial charge in [0.2, 0.25) is 0 Å². The average Bonchev–Trinajstić information content (AvgIpc) is 2.13. The van der Waals surface area contributed by atoms with Gasteiger partial charge in [-0.05, 0) is 49.9 Å². The van der Waals surface area contributed by atoms with Crippen molar-refractivity contribution >= 4 is 5.69 Å². The van der Waals surface area contributed by atoms with Crippen LogP contribution in [-0.2, 0) is 0 Å². The first-order valence-corrected chi connectivity index (χ1v) is 5.10. The van der Waals surface area contributed by atoms with E-state index < -0.39 is 12.7 Å². The average molecular weight is 231 g/mol. The van der Waals surface area contributed by atoms with E-state index in [2.05, 4.69) is 5.32 Å².